The third-order valence-corrected chi connectivity index (χ3v) is 3.67. The first-order valence-electron chi connectivity index (χ1n) is 7.43. The van der Waals surface area contributed by atoms with Crippen molar-refractivity contribution in [3.05, 3.63) is 35.6 Å². The molecule has 0 amide bonds. The van der Waals surface area contributed by atoms with Crippen LogP contribution in [0.4, 0.5) is 4.39 Å². The molecule has 2 atom stereocenters. The number of benzene rings is 1. The highest BCUT2D eigenvalue weighted by Crippen LogP contribution is 2.22. The fourth-order valence-electron chi connectivity index (χ4n) is 2.39. The Bertz CT molecular complexity index is 386. The molecule has 20 heavy (non-hydrogen) atoms. The highest BCUT2D eigenvalue weighted by atomic mass is 19.1. The molecule has 1 aromatic carbocycles. The molecule has 3 nitrogen and oxygen atoms in total. The van der Waals surface area contributed by atoms with Crippen LogP contribution in [-0.4, -0.2) is 36.2 Å². The predicted octanol–water partition coefficient (Wildman–Crippen LogP) is 2.56. The summed E-state index contributed by atoms with van der Waals surface area (Å²) in [7, 11) is 0. The van der Waals surface area contributed by atoms with Gasteiger partial charge in [0.1, 0.15) is 5.82 Å². The molecule has 1 rings (SSSR count). The molecule has 1 aromatic rings. The third-order valence-electron chi connectivity index (χ3n) is 3.67. The smallest absolute Gasteiger partial charge is 0.127 e. The second-order valence-electron chi connectivity index (χ2n) is 5.40. The van der Waals surface area contributed by atoms with E-state index in [2.05, 4.69) is 11.8 Å². The lowest BCUT2D eigenvalue weighted by atomic mass is 9.94. The van der Waals surface area contributed by atoms with Gasteiger partial charge in [-0.25, -0.2) is 4.39 Å². The molecule has 2 unspecified atom stereocenters. The fraction of sp³-hybridized carbons (Fsp3) is 0.625. The first-order valence-corrected chi connectivity index (χ1v) is 7.43. The third kappa shape index (κ3) is 5.19. The van der Waals surface area contributed by atoms with Crippen molar-refractivity contribution in [3.8, 4) is 0 Å². The van der Waals surface area contributed by atoms with Gasteiger partial charge in [0.25, 0.3) is 0 Å². The Kier molecular flexibility index (Phi) is 7.73. The number of aliphatic hydroxyl groups excluding tert-OH is 1. The standard InChI is InChI=1S/C16H27FN2O/c1-3-4-9-19(10-11-20)12-13(2)16(18)14-7-5-6-8-15(14)17/h5-8,13,16,20H,3-4,9-12,18H2,1-2H3. The van der Waals surface area contributed by atoms with Crippen LogP contribution < -0.4 is 5.73 Å². The summed E-state index contributed by atoms with van der Waals surface area (Å²) in [6.45, 7) is 6.69. The fourth-order valence-corrected chi connectivity index (χ4v) is 2.39. The molecule has 0 radical (unpaired) electrons. The van der Waals surface area contributed by atoms with E-state index in [4.69, 9.17) is 10.8 Å². The van der Waals surface area contributed by atoms with Crippen LogP contribution in [-0.2, 0) is 0 Å². The average molecular weight is 282 g/mol. The van der Waals surface area contributed by atoms with E-state index in [1.165, 1.54) is 6.07 Å². The number of nitrogens with zero attached hydrogens (tertiary/aromatic N) is 1. The summed E-state index contributed by atoms with van der Waals surface area (Å²) in [5.74, 6) is -0.107. The van der Waals surface area contributed by atoms with Crippen molar-refractivity contribution in [2.24, 2.45) is 11.7 Å². The van der Waals surface area contributed by atoms with E-state index in [1.807, 2.05) is 13.0 Å². The Hall–Kier alpha value is -0.970. The summed E-state index contributed by atoms with van der Waals surface area (Å²) in [5.41, 5.74) is 6.75. The normalized spacial score (nSPS) is 14.5. The minimum atomic E-state index is -0.320. The van der Waals surface area contributed by atoms with E-state index in [0.29, 0.717) is 12.1 Å². The van der Waals surface area contributed by atoms with Crippen LogP contribution in [0.1, 0.15) is 38.3 Å². The molecule has 0 aliphatic carbocycles. The number of rotatable bonds is 9. The lowest BCUT2D eigenvalue weighted by Crippen LogP contribution is -2.36. The van der Waals surface area contributed by atoms with Crippen molar-refractivity contribution >= 4 is 0 Å². The topological polar surface area (TPSA) is 49.5 Å². The van der Waals surface area contributed by atoms with Crippen LogP contribution in [0.2, 0.25) is 0 Å². The number of hydrogen-bond acceptors (Lipinski definition) is 3. The Labute approximate surface area is 121 Å². The van der Waals surface area contributed by atoms with E-state index in [1.54, 1.807) is 12.1 Å². The van der Waals surface area contributed by atoms with E-state index < -0.39 is 0 Å². The molecule has 0 aliphatic heterocycles. The molecule has 0 bridgehead atoms. The van der Waals surface area contributed by atoms with Gasteiger partial charge in [0, 0.05) is 24.7 Å². The van der Waals surface area contributed by atoms with Crippen LogP contribution in [0.5, 0.6) is 0 Å². The van der Waals surface area contributed by atoms with Gasteiger partial charge >= 0.3 is 0 Å². The molecule has 0 aromatic heterocycles. The largest absolute Gasteiger partial charge is 0.395 e. The first-order chi connectivity index (χ1) is 9.60. The van der Waals surface area contributed by atoms with Crippen LogP contribution in [0.3, 0.4) is 0 Å². The van der Waals surface area contributed by atoms with E-state index in [9.17, 15) is 4.39 Å². The molecule has 0 aliphatic rings. The zero-order valence-corrected chi connectivity index (χ0v) is 12.6. The van der Waals surface area contributed by atoms with Gasteiger partial charge in [0.05, 0.1) is 6.61 Å². The summed E-state index contributed by atoms with van der Waals surface area (Å²) < 4.78 is 13.8. The monoisotopic (exact) mass is 282 g/mol. The van der Waals surface area contributed by atoms with Crippen molar-refractivity contribution in [3.63, 3.8) is 0 Å². The number of hydrogen-bond donors (Lipinski definition) is 2. The van der Waals surface area contributed by atoms with Crippen LogP contribution in [0.15, 0.2) is 24.3 Å². The van der Waals surface area contributed by atoms with Gasteiger partial charge < -0.3 is 15.7 Å². The summed E-state index contributed by atoms with van der Waals surface area (Å²) in [4.78, 5) is 2.20. The molecule has 0 saturated carbocycles. The highest BCUT2D eigenvalue weighted by molar-refractivity contribution is 5.21. The van der Waals surface area contributed by atoms with Crippen molar-refractivity contribution in [1.29, 1.82) is 0 Å². The molecule has 3 N–H and O–H groups in total. The number of halogens is 1. The maximum Gasteiger partial charge on any atom is 0.127 e. The summed E-state index contributed by atoms with van der Waals surface area (Å²) in [6, 6.07) is 6.37. The van der Waals surface area contributed by atoms with Gasteiger partial charge in [-0.3, -0.25) is 0 Å². The first kappa shape index (κ1) is 17.1. The Morgan fingerprint density at radius 2 is 2.00 bits per heavy atom. The van der Waals surface area contributed by atoms with Crippen molar-refractivity contribution < 1.29 is 9.50 Å². The summed E-state index contributed by atoms with van der Waals surface area (Å²) >= 11 is 0. The molecule has 4 heteroatoms. The maximum absolute atomic E-state index is 13.8. The minimum absolute atomic E-state index is 0.135. The number of nitrogens with two attached hydrogens (primary N) is 1. The molecular formula is C16H27FN2O. The maximum atomic E-state index is 13.8. The molecule has 114 valence electrons. The van der Waals surface area contributed by atoms with Crippen LogP contribution in [0.25, 0.3) is 0 Å². The van der Waals surface area contributed by atoms with Gasteiger partial charge in [-0.1, -0.05) is 38.5 Å². The number of aliphatic hydroxyl groups is 1. The minimum Gasteiger partial charge on any atom is -0.395 e. The zero-order chi connectivity index (χ0) is 15.0. The van der Waals surface area contributed by atoms with Gasteiger partial charge in [-0.05, 0) is 24.9 Å². The van der Waals surface area contributed by atoms with E-state index in [-0.39, 0.29) is 24.4 Å². The summed E-state index contributed by atoms with van der Waals surface area (Å²) in [5, 5.41) is 9.12. The Morgan fingerprint density at radius 3 is 2.60 bits per heavy atom. The van der Waals surface area contributed by atoms with Gasteiger partial charge in [-0.15, -0.1) is 0 Å². The van der Waals surface area contributed by atoms with Crippen LogP contribution in [0, 0.1) is 11.7 Å². The second kappa shape index (κ2) is 9.06. The average Bonchev–Trinajstić information content (AvgIpc) is 2.44. The van der Waals surface area contributed by atoms with Crippen molar-refractivity contribution in [2.45, 2.75) is 32.7 Å². The second-order valence-corrected chi connectivity index (χ2v) is 5.40. The lowest BCUT2D eigenvalue weighted by Gasteiger charge is -2.28. The molecule has 0 spiro atoms. The quantitative estimate of drug-likeness (QED) is 0.732. The summed E-state index contributed by atoms with van der Waals surface area (Å²) in [6.07, 6.45) is 2.22. The molecule has 0 fully saturated rings. The Morgan fingerprint density at radius 1 is 1.30 bits per heavy atom. The van der Waals surface area contributed by atoms with Gasteiger partial charge in [-0.2, -0.15) is 0 Å². The molecule has 0 heterocycles. The van der Waals surface area contributed by atoms with Gasteiger partial charge in [0.15, 0.2) is 0 Å². The van der Waals surface area contributed by atoms with E-state index >= 15 is 0 Å². The van der Waals surface area contributed by atoms with Crippen LogP contribution >= 0.6 is 0 Å². The lowest BCUT2D eigenvalue weighted by molar-refractivity contribution is 0.169. The number of unbranched alkanes of at least 4 members (excludes halogenated alkanes) is 1. The Balaban J connectivity index is 2.63. The van der Waals surface area contributed by atoms with Crippen molar-refractivity contribution in [1.82, 2.24) is 4.90 Å². The SMILES string of the molecule is CCCCN(CCO)CC(C)C(N)c1ccccc1F. The molecule has 0 saturated heterocycles. The molecular weight excluding hydrogens is 255 g/mol. The highest BCUT2D eigenvalue weighted by Gasteiger charge is 2.20. The van der Waals surface area contributed by atoms with Crippen molar-refractivity contribution in [2.75, 3.05) is 26.2 Å². The zero-order valence-electron chi connectivity index (χ0n) is 12.6. The van der Waals surface area contributed by atoms with E-state index in [0.717, 1.165) is 25.9 Å². The van der Waals surface area contributed by atoms with Gasteiger partial charge in [0.2, 0.25) is 0 Å². The predicted molar refractivity (Wildman–Crippen MR) is 80.9 cm³/mol.